The van der Waals surface area contributed by atoms with E-state index in [9.17, 15) is 9.50 Å². The highest BCUT2D eigenvalue weighted by Gasteiger charge is 2.50. The van der Waals surface area contributed by atoms with Crippen LogP contribution in [0.2, 0.25) is 5.02 Å². The number of benzene rings is 3. The van der Waals surface area contributed by atoms with E-state index < -0.39 is 17.2 Å². The van der Waals surface area contributed by atoms with Crippen molar-refractivity contribution in [1.29, 1.82) is 0 Å². The Morgan fingerprint density at radius 1 is 1.15 bits per heavy atom. The van der Waals surface area contributed by atoms with Gasteiger partial charge in [-0.2, -0.15) is 9.97 Å². The Kier molecular flexibility index (Phi) is 8.30. The lowest BCUT2D eigenvalue weighted by atomic mass is 9.77. The molecule has 9 rings (SSSR count). The minimum Gasteiger partial charge on any atom is -0.508 e. The van der Waals surface area contributed by atoms with Crippen LogP contribution in [0.5, 0.6) is 11.8 Å². The van der Waals surface area contributed by atoms with Crippen molar-refractivity contribution >= 4 is 39.1 Å². The van der Waals surface area contributed by atoms with Crippen LogP contribution >= 0.6 is 11.6 Å². The molecule has 1 aromatic heterocycles. The van der Waals surface area contributed by atoms with Crippen LogP contribution in [0.3, 0.4) is 0 Å². The van der Waals surface area contributed by atoms with Gasteiger partial charge in [-0.1, -0.05) is 23.6 Å². The number of phenolic OH excluding ortho intramolecular Hbond substituents is 1. The molecule has 5 saturated heterocycles. The lowest BCUT2D eigenvalue weighted by Gasteiger charge is -2.47. The van der Waals surface area contributed by atoms with Crippen LogP contribution < -0.4 is 15.0 Å². The van der Waals surface area contributed by atoms with Gasteiger partial charge in [-0.05, 0) is 98.2 Å². The summed E-state index contributed by atoms with van der Waals surface area (Å²) in [6, 6.07) is 7.37. The standard InChI is InChI=1S/C40H39ClF3N5O3/c1-2-28-32(43)5-4-24-14-27(50)15-29(33(24)28)34-31(41)16-30-36(35(34)44)45-38(52-22-39-9-3-11-49(39)19-23(17-39)18-42)46-37(30)48-20-26-6-10-40(21-48,47-26)25-7-12-51-13-8-25/h1,4-5,14-16,18,25-26,47,50H,3,6-13,17,19-22H2/b23-18-/t26-,39-,40+/m0/s1. The van der Waals surface area contributed by atoms with Gasteiger partial charge in [0.15, 0.2) is 5.82 Å². The van der Waals surface area contributed by atoms with Crippen LogP contribution in [-0.4, -0.2) is 83.1 Å². The molecule has 0 amide bonds. The summed E-state index contributed by atoms with van der Waals surface area (Å²) in [5, 5.41) is 15.8. The summed E-state index contributed by atoms with van der Waals surface area (Å²) < 4.78 is 58.2. The van der Waals surface area contributed by atoms with Gasteiger partial charge in [-0.15, -0.1) is 6.42 Å². The van der Waals surface area contributed by atoms with Crippen molar-refractivity contribution in [1.82, 2.24) is 20.2 Å². The number of rotatable bonds is 6. The van der Waals surface area contributed by atoms with E-state index in [1.165, 1.54) is 24.3 Å². The molecule has 2 bridgehead atoms. The zero-order valence-electron chi connectivity index (χ0n) is 28.7. The van der Waals surface area contributed by atoms with Crippen molar-refractivity contribution in [3.05, 3.63) is 64.5 Å². The van der Waals surface area contributed by atoms with E-state index in [2.05, 4.69) is 26.0 Å². The topological polar surface area (TPSA) is 83.0 Å². The van der Waals surface area contributed by atoms with Crippen LogP contribution in [0, 0.1) is 29.9 Å². The van der Waals surface area contributed by atoms with Crippen molar-refractivity contribution in [3.63, 3.8) is 0 Å². The number of phenols is 1. The maximum absolute atomic E-state index is 17.4. The largest absolute Gasteiger partial charge is 0.508 e. The van der Waals surface area contributed by atoms with E-state index in [1.54, 1.807) is 6.07 Å². The predicted molar refractivity (Wildman–Crippen MR) is 194 cm³/mol. The number of hydrogen-bond donors (Lipinski definition) is 2. The molecule has 3 atom stereocenters. The maximum atomic E-state index is 17.4. The molecule has 8 nitrogen and oxygen atoms in total. The molecule has 4 aromatic rings. The van der Waals surface area contributed by atoms with E-state index in [4.69, 9.17) is 32.5 Å². The Bertz CT molecular complexity index is 2190. The quantitative estimate of drug-likeness (QED) is 0.201. The molecular weight excluding hydrogens is 691 g/mol. The molecule has 0 aliphatic carbocycles. The SMILES string of the molecule is C#Cc1c(F)ccc2cc(O)cc(-c3c(Cl)cc4c(N5C[C@@H]6CC[C@](C7CCOCC7)(C5)N6)nc(OC[C@@]56CCCN5C/C(=C\F)C6)nc4c3F)c12. The first-order valence-electron chi connectivity index (χ1n) is 18.1. The minimum absolute atomic E-state index is 0.00990. The fourth-order valence-electron chi connectivity index (χ4n) is 9.91. The van der Waals surface area contributed by atoms with Crippen molar-refractivity contribution < 1.29 is 27.8 Å². The van der Waals surface area contributed by atoms with Crippen molar-refractivity contribution in [2.45, 2.75) is 62.1 Å². The summed E-state index contributed by atoms with van der Waals surface area (Å²) >= 11 is 7.00. The predicted octanol–water partition coefficient (Wildman–Crippen LogP) is 7.28. The number of fused-ring (bicyclic) bond motifs is 5. The summed E-state index contributed by atoms with van der Waals surface area (Å²) in [7, 11) is 0. The van der Waals surface area contributed by atoms with Gasteiger partial charge < -0.3 is 24.8 Å². The molecule has 2 N–H and O–H groups in total. The third-order valence-corrected chi connectivity index (χ3v) is 12.6. The average molecular weight is 730 g/mol. The van der Waals surface area contributed by atoms with Gasteiger partial charge in [0.05, 0.1) is 22.5 Å². The monoisotopic (exact) mass is 729 g/mol. The molecule has 12 heteroatoms. The number of nitrogens with zero attached hydrogens (tertiary/aromatic N) is 4. The highest BCUT2D eigenvalue weighted by molar-refractivity contribution is 6.35. The molecule has 52 heavy (non-hydrogen) atoms. The van der Waals surface area contributed by atoms with Crippen molar-refractivity contribution in [2.24, 2.45) is 5.92 Å². The van der Waals surface area contributed by atoms with Crippen LogP contribution in [0.4, 0.5) is 19.0 Å². The van der Waals surface area contributed by atoms with Gasteiger partial charge in [0.2, 0.25) is 0 Å². The molecule has 270 valence electrons. The maximum Gasteiger partial charge on any atom is 0.319 e. The Balaban J connectivity index is 1.20. The molecule has 0 radical (unpaired) electrons. The molecule has 0 saturated carbocycles. The highest BCUT2D eigenvalue weighted by atomic mass is 35.5. The number of terminal acetylenes is 1. The molecule has 0 unspecified atom stereocenters. The van der Waals surface area contributed by atoms with Gasteiger partial charge in [-0.3, -0.25) is 4.90 Å². The van der Waals surface area contributed by atoms with E-state index in [-0.39, 0.29) is 62.6 Å². The lowest BCUT2D eigenvalue weighted by Crippen LogP contribution is -2.63. The third-order valence-electron chi connectivity index (χ3n) is 12.3. The van der Waals surface area contributed by atoms with E-state index in [0.29, 0.717) is 54.9 Å². The summed E-state index contributed by atoms with van der Waals surface area (Å²) in [5.74, 6) is 1.76. The molecule has 3 aromatic carbocycles. The number of nitrogens with one attached hydrogen (secondary N) is 1. The van der Waals surface area contributed by atoms with Gasteiger partial charge >= 0.3 is 6.01 Å². The summed E-state index contributed by atoms with van der Waals surface area (Å²) in [6.07, 6.45) is 12.8. The zero-order chi connectivity index (χ0) is 35.8. The second-order valence-electron chi connectivity index (χ2n) is 15.2. The molecule has 5 fully saturated rings. The molecular formula is C40H39ClF3N5O3. The van der Waals surface area contributed by atoms with E-state index in [1.807, 2.05) is 0 Å². The number of ether oxygens (including phenoxy) is 2. The van der Waals surface area contributed by atoms with Crippen LogP contribution in [0.25, 0.3) is 32.8 Å². The van der Waals surface area contributed by atoms with Gasteiger partial charge in [0.25, 0.3) is 0 Å². The fourth-order valence-corrected chi connectivity index (χ4v) is 10.2. The highest BCUT2D eigenvalue weighted by Crippen LogP contribution is 2.47. The first-order valence-corrected chi connectivity index (χ1v) is 18.5. The van der Waals surface area contributed by atoms with Crippen molar-refractivity contribution in [2.75, 3.05) is 50.9 Å². The van der Waals surface area contributed by atoms with Crippen LogP contribution in [0.15, 0.2) is 42.2 Å². The minimum atomic E-state index is -0.767. The first-order chi connectivity index (χ1) is 25.2. The number of hydrogen-bond acceptors (Lipinski definition) is 8. The van der Waals surface area contributed by atoms with Crippen LogP contribution in [-0.2, 0) is 4.74 Å². The number of piperazine rings is 1. The first kappa shape index (κ1) is 33.7. The number of anilines is 1. The Morgan fingerprint density at radius 2 is 2.00 bits per heavy atom. The number of halogens is 4. The summed E-state index contributed by atoms with van der Waals surface area (Å²) in [6.45, 7) is 4.38. The molecule has 0 spiro atoms. The van der Waals surface area contributed by atoms with Crippen molar-refractivity contribution in [3.8, 4) is 35.2 Å². The van der Waals surface area contributed by atoms with E-state index >= 15 is 8.78 Å². The number of aromatic nitrogens is 2. The van der Waals surface area contributed by atoms with Gasteiger partial charge in [-0.25, -0.2) is 13.2 Å². The molecule has 5 aliphatic rings. The van der Waals surface area contributed by atoms with Gasteiger partial charge in [0, 0.05) is 60.8 Å². The second-order valence-corrected chi connectivity index (χ2v) is 15.6. The Morgan fingerprint density at radius 3 is 2.81 bits per heavy atom. The lowest BCUT2D eigenvalue weighted by molar-refractivity contribution is 0.0308. The molecule has 6 heterocycles. The fraction of sp³-hybridized carbons (Fsp3) is 0.450. The second kappa shape index (κ2) is 12.8. The Hall–Kier alpha value is -4.08. The summed E-state index contributed by atoms with van der Waals surface area (Å²) in [5.41, 5.74) is 0.181. The zero-order valence-corrected chi connectivity index (χ0v) is 29.4. The van der Waals surface area contributed by atoms with Crippen LogP contribution in [0.1, 0.15) is 50.5 Å². The third kappa shape index (κ3) is 5.41. The smallest absolute Gasteiger partial charge is 0.319 e. The van der Waals surface area contributed by atoms with Gasteiger partial charge in [0.1, 0.15) is 29.5 Å². The van der Waals surface area contributed by atoms with E-state index in [0.717, 1.165) is 63.9 Å². The summed E-state index contributed by atoms with van der Waals surface area (Å²) in [4.78, 5) is 14.1. The Labute approximate surface area is 304 Å². The number of aromatic hydroxyl groups is 1. The molecule has 5 aliphatic heterocycles. The average Bonchev–Trinajstić information content (AvgIpc) is 3.81. The normalized spacial score (nSPS) is 27.2.